The minimum atomic E-state index is -0.354. The summed E-state index contributed by atoms with van der Waals surface area (Å²) in [6.07, 6.45) is 2.13. The van der Waals surface area contributed by atoms with Crippen molar-refractivity contribution in [2.45, 2.75) is 12.8 Å². The molecule has 0 spiro atoms. The van der Waals surface area contributed by atoms with Crippen LogP contribution in [-0.4, -0.2) is 37.5 Å². The molecule has 122 valence electrons. The van der Waals surface area contributed by atoms with Gasteiger partial charge in [-0.3, -0.25) is 4.79 Å². The molecule has 1 aromatic heterocycles. The second-order valence-corrected chi connectivity index (χ2v) is 5.96. The molecule has 2 heterocycles. The van der Waals surface area contributed by atoms with Crippen molar-refractivity contribution in [1.29, 1.82) is 0 Å². The van der Waals surface area contributed by atoms with Gasteiger partial charge in [0.25, 0.3) is 5.91 Å². The second kappa shape index (κ2) is 6.96. The SMILES string of the molecule is CNCC1CCCN(C(=O)c2ccc(-c3ccccc3F)o2)C1. The summed E-state index contributed by atoms with van der Waals surface area (Å²) >= 11 is 0. The molecule has 1 aliphatic rings. The summed E-state index contributed by atoms with van der Waals surface area (Å²) in [6.45, 7) is 2.38. The number of carbonyl (C=O) groups is 1. The van der Waals surface area contributed by atoms with Gasteiger partial charge in [0.2, 0.25) is 0 Å². The van der Waals surface area contributed by atoms with Crippen molar-refractivity contribution >= 4 is 5.91 Å². The molecule has 0 aliphatic carbocycles. The van der Waals surface area contributed by atoms with Crippen molar-refractivity contribution < 1.29 is 13.6 Å². The van der Waals surface area contributed by atoms with E-state index in [9.17, 15) is 9.18 Å². The maximum Gasteiger partial charge on any atom is 0.289 e. The highest BCUT2D eigenvalue weighted by Gasteiger charge is 2.26. The van der Waals surface area contributed by atoms with Gasteiger partial charge in [-0.25, -0.2) is 4.39 Å². The fourth-order valence-electron chi connectivity index (χ4n) is 3.12. The number of nitrogens with one attached hydrogen (secondary N) is 1. The zero-order chi connectivity index (χ0) is 16.2. The maximum atomic E-state index is 13.8. The van der Waals surface area contributed by atoms with E-state index in [2.05, 4.69) is 5.32 Å². The number of hydrogen-bond donors (Lipinski definition) is 1. The molecule has 1 amide bonds. The van der Waals surface area contributed by atoms with E-state index in [1.165, 1.54) is 6.07 Å². The fourth-order valence-corrected chi connectivity index (χ4v) is 3.12. The fraction of sp³-hybridized carbons (Fsp3) is 0.389. The topological polar surface area (TPSA) is 45.5 Å². The molecule has 0 radical (unpaired) electrons. The molecule has 1 aromatic carbocycles. The van der Waals surface area contributed by atoms with Crippen molar-refractivity contribution in [3.05, 3.63) is 48.0 Å². The van der Waals surface area contributed by atoms with E-state index in [1.54, 1.807) is 30.3 Å². The number of amides is 1. The summed E-state index contributed by atoms with van der Waals surface area (Å²) in [7, 11) is 1.92. The highest BCUT2D eigenvalue weighted by atomic mass is 19.1. The van der Waals surface area contributed by atoms with E-state index in [0.29, 0.717) is 17.2 Å². The molecule has 0 bridgehead atoms. The largest absolute Gasteiger partial charge is 0.451 e. The van der Waals surface area contributed by atoms with Gasteiger partial charge in [-0.15, -0.1) is 0 Å². The maximum absolute atomic E-state index is 13.8. The third kappa shape index (κ3) is 3.45. The predicted octanol–water partition coefficient (Wildman–Crippen LogP) is 3.16. The molecule has 1 aliphatic heterocycles. The molecular weight excluding hydrogens is 295 g/mol. The van der Waals surface area contributed by atoms with Crippen LogP contribution in [0.25, 0.3) is 11.3 Å². The molecule has 1 unspecified atom stereocenters. The lowest BCUT2D eigenvalue weighted by atomic mass is 9.98. The smallest absolute Gasteiger partial charge is 0.289 e. The summed E-state index contributed by atoms with van der Waals surface area (Å²) in [6, 6.07) is 9.68. The Morgan fingerprint density at radius 1 is 1.35 bits per heavy atom. The second-order valence-electron chi connectivity index (χ2n) is 5.96. The summed E-state index contributed by atoms with van der Waals surface area (Å²) in [4.78, 5) is 14.4. The number of likely N-dealkylation sites (tertiary alicyclic amines) is 1. The quantitative estimate of drug-likeness (QED) is 0.942. The van der Waals surface area contributed by atoms with Gasteiger partial charge in [0, 0.05) is 13.1 Å². The Hall–Kier alpha value is -2.14. The van der Waals surface area contributed by atoms with Crippen LogP contribution in [0.3, 0.4) is 0 Å². The highest BCUT2D eigenvalue weighted by molar-refractivity contribution is 5.92. The number of rotatable bonds is 4. The van der Waals surface area contributed by atoms with Crippen LogP contribution in [0, 0.1) is 11.7 Å². The van der Waals surface area contributed by atoms with Crippen LogP contribution in [0.4, 0.5) is 4.39 Å². The molecular formula is C18H21FN2O2. The number of nitrogens with zero attached hydrogens (tertiary/aromatic N) is 1. The number of halogens is 1. The third-order valence-electron chi connectivity index (χ3n) is 4.26. The van der Waals surface area contributed by atoms with Crippen LogP contribution < -0.4 is 5.32 Å². The van der Waals surface area contributed by atoms with Crippen LogP contribution in [-0.2, 0) is 0 Å². The van der Waals surface area contributed by atoms with Gasteiger partial charge < -0.3 is 14.6 Å². The zero-order valence-corrected chi connectivity index (χ0v) is 13.2. The molecule has 5 heteroatoms. The van der Waals surface area contributed by atoms with Crippen LogP contribution in [0.15, 0.2) is 40.8 Å². The van der Waals surface area contributed by atoms with E-state index in [1.807, 2.05) is 11.9 Å². The average molecular weight is 316 g/mol. The van der Waals surface area contributed by atoms with Gasteiger partial charge in [-0.2, -0.15) is 0 Å². The number of piperidine rings is 1. The van der Waals surface area contributed by atoms with Crippen LogP contribution >= 0.6 is 0 Å². The van der Waals surface area contributed by atoms with Crippen LogP contribution in [0.5, 0.6) is 0 Å². The van der Waals surface area contributed by atoms with Gasteiger partial charge in [0.15, 0.2) is 5.76 Å². The van der Waals surface area contributed by atoms with Crippen molar-refractivity contribution in [2.75, 3.05) is 26.7 Å². The average Bonchev–Trinajstić information content (AvgIpc) is 3.05. The molecule has 1 fully saturated rings. The monoisotopic (exact) mass is 316 g/mol. The van der Waals surface area contributed by atoms with Gasteiger partial charge in [-0.1, -0.05) is 12.1 Å². The van der Waals surface area contributed by atoms with Crippen LogP contribution in [0.1, 0.15) is 23.4 Å². The van der Waals surface area contributed by atoms with Crippen molar-refractivity contribution in [3.8, 4) is 11.3 Å². The molecule has 1 N–H and O–H groups in total. The van der Waals surface area contributed by atoms with E-state index in [0.717, 1.165) is 32.5 Å². The minimum absolute atomic E-state index is 0.117. The summed E-state index contributed by atoms with van der Waals surface area (Å²) in [5, 5.41) is 3.17. The normalized spacial score (nSPS) is 18.2. The standard InChI is InChI=1S/C18H21FN2O2/c1-20-11-13-5-4-10-21(12-13)18(22)17-9-8-16(23-17)14-6-2-3-7-15(14)19/h2-3,6-9,13,20H,4-5,10-12H2,1H3. The summed E-state index contributed by atoms with van der Waals surface area (Å²) in [5.41, 5.74) is 0.373. The first-order valence-corrected chi connectivity index (χ1v) is 7.97. The van der Waals surface area contributed by atoms with Gasteiger partial charge in [0.05, 0.1) is 5.56 Å². The molecule has 1 atom stereocenters. The van der Waals surface area contributed by atoms with Crippen LogP contribution in [0.2, 0.25) is 0 Å². The van der Waals surface area contributed by atoms with E-state index < -0.39 is 0 Å². The number of carbonyl (C=O) groups excluding carboxylic acids is 1. The van der Waals surface area contributed by atoms with Gasteiger partial charge in [0.1, 0.15) is 11.6 Å². The summed E-state index contributed by atoms with van der Waals surface area (Å²) in [5.74, 6) is 0.656. The minimum Gasteiger partial charge on any atom is -0.451 e. The first-order chi connectivity index (χ1) is 11.2. The zero-order valence-electron chi connectivity index (χ0n) is 13.2. The Morgan fingerprint density at radius 2 is 2.17 bits per heavy atom. The number of furan rings is 1. The molecule has 1 saturated heterocycles. The number of hydrogen-bond acceptors (Lipinski definition) is 3. The predicted molar refractivity (Wildman–Crippen MR) is 86.7 cm³/mol. The lowest BCUT2D eigenvalue weighted by molar-refractivity contribution is 0.0643. The van der Waals surface area contributed by atoms with Crippen molar-refractivity contribution in [1.82, 2.24) is 10.2 Å². The first kappa shape index (κ1) is 15.7. The lowest BCUT2D eigenvalue weighted by Crippen LogP contribution is -2.42. The van der Waals surface area contributed by atoms with Crippen molar-refractivity contribution in [2.24, 2.45) is 5.92 Å². The van der Waals surface area contributed by atoms with E-state index >= 15 is 0 Å². The Bertz CT molecular complexity index is 681. The highest BCUT2D eigenvalue weighted by Crippen LogP contribution is 2.26. The molecule has 0 saturated carbocycles. The summed E-state index contributed by atoms with van der Waals surface area (Å²) < 4.78 is 19.4. The van der Waals surface area contributed by atoms with Gasteiger partial charge in [-0.05, 0) is 56.6 Å². The first-order valence-electron chi connectivity index (χ1n) is 7.97. The van der Waals surface area contributed by atoms with E-state index in [4.69, 9.17) is 4.42 Å². The molecule has 4 nitrogen and oxygen atoms in total. The Kier molecular flexibility index (Phi) is 4.76. The van der Waals surface area contributed by atoms with Gasteiger partial charge >= 0.3 is 0 Å². The van der Waals surface area contributed by atoms with E-state index in [-0.39, 0.29) is 17.5 Å². The molecule has 23 heavy (non-hydrogen) atoms. The molecule has 2 aromatic rings. The third-order valence-corrected chi connectivity index (χ3v) is 4.26. The molecule has 3 rings (SSSR count). The Morgan fingerprint density at radius 3 is 2.96 bits per heavy atom. The number of benzene rings is 1. The van der Waals surface area contributed by atoms with Crippen molar-refractivity contribution in [3.63, 3.8) is 0 Å². The Balaban J connectivity index is 1.75. The lowest BCUT2D eigenvalue weighted by Gasteiger charge is -2.32. The Labute approximate surface area is 135 Å².